The van der Waals surface area contributed by atoms with E-state index in [1.54, 1.807) is 0 Å². The van der Waals surface area contributed by atoms with Crippen LogP contribution >= 0.6 is 6.83 Å². The average Bonchev–Trinajstić information content (AvgIpc) is 2.17. The Morgan fingerprint density at radius 2 is 1.73 bits per heavy atom. The number of carbonyl (C=O) groups excluding carboxylic acids is 1. The van der Waals surface area contributed by atoms with Crippen LogP contribution in [0.4, 0.5) is 0 Å². The zero-order chi connectivity index (χ0) is 11.6. The van der Waals surface area contributed by atoms with Crippen LogP contribution in [0.5, 0.6) is 0 Å². The maximum atomic E-state index is 11.5. The minimum absolute atomic E-state index is 0.0225. The Bertz CT molecular complexity index is 234. The molecule has 0 atom stereocenters. The fraction of sp³-hybridized carbons (Fsp3) is 0.917. The van der Waals surface area contributed by atoms with Gasteiger partial charge in [0, 0.05) is 0 Å². The molecule has 0 radical (unpaired) electrons. The first-order chi connectivity index (χ1) is 6.83. The summed E-state index contributed by atoms with van der Waals surface area (Å²) in [7, 11) is 0. The predicted molar refractivity (Wildman–Crippen MR) is 67.9 cm³/mol. The van der Waals surface area contributed by atoms with Crippen LogP contribution in [0, 0.1) is 0 Å². The van der Waals surface area contributed by atoms with E-state index in [1.165, 1.54) is 32.1 Å². The monoisotopic (exact) mass is 232 g/mol. The van der Waals surface area contributed by atoms with Crippen molar-refractivity contribution in [1.29, 1.82) is 0 Å². The van der Waals surface area contributed by atoms with Crippen molar-refractivity contribution in [3.8, 4) is 0 Å². The molecule has 0 bridgehead atoms. The van der Waals surface area contributed by atoms with Crippen LogP contribution in [0.15, 0.2) is 0 Å². The van der Waals surface area contributed by atoms with Gasteiger partial charge in [-0.05, 0) is 0 Å². The molecule has 0 aromatic rings. The van der Waals surface area contributed by atoms with Crippen molar-refractivity contribution in [1.82, 2.24) is 0 Å². The van der Waals surface area contributed by atoms with E-state index in [1.807, 2.05) is 6.92 Å². The molecule has 15 heavy (non-hydrogen) atoms. The number of rotatable bonds is 3. The minimum atomic E-state index is -2.21. The SMILES string of the molecule is CCC(=O)OP(C)(C)(C)C1CCCCC1. The molecule has 90 valence electrons. The molecule has 2 nitrogen and oxygen atoms in total. The second-order valence-corrected chi connectivity index (χ2v) is 12.3. The van der Waals surface area contributed by atoms with Gasteiger partial charge in [0.2, 0.25) is 0 Å². The molecule has 0 aromatic heterocycles. The maximum absolute atomic E-state index is 11.5. The second kappa shape index (κ2) is 4.41. The van der Waals surface area contributed by atoms with E-state index in [2.05, 4.69) is 20.0 Å². The fourth-order valence-electron chi connectivity index (χ4n) is 2.46. The molecule has 0 aliphatic heterocycles. The van der Waals surface area contributed by atoms with E-state index in [9.17, 15) is 4.79 Å². The van der Waals surface area contributed by atoms with Crippen LogP contribution in [0.2, 0.25) is 0 Å². The molecule has 1 fully saturated rings. The molecule has 3 heteroatoms. The van der Waals surface area contributed by atoms with E-state index in [-0.39, 0.29) is 5.97 Å². The van der Waals surface area contributed by atoms with E-state index in [0.29, 0.717) is 12.1 Å². The van der Waals surface area contributed by atoms with Gasteiger partial charge in [0.15, 0.2) is 0 Å². The van der Waals surface area contributed by atoms with Gasteiger partial charge in [-0.15, -0.1) is 0 Å². The topological polar surface area (TPSA) is 26.3 Å². The van der Waals surface area contributed by atoms with Crippen molar-refractivity contribution >= 4 is 12.8 Å². The van der Waals surface area contributed by atoms with Gasteiger partial charge < -0.3 is 0 Å². The van der Waals surface area contributed by atoms with Crippen molar-refractivity contribution in [3.63, 3.8) is 0 Å². The molecule has 0 aromatic carbocycles. The van der Waals surface area contributed by atoms with Crippen LogP contribution in [-0.2, 0) is 9.32 Å². The van der Waals surface area contributed by atoms with Crippen molar-refractivity contribution in [2.24, 2.45) is 0 Å². The fourth-order valence-corrected chi connectivity index (χ4v) is 5.60. The molecule has 0 saturated heterocycles. The van der Waals surface area contributed by atoms with E-state index < -0.39 is 6.83 Å². The van der Waals surface area contributed by atoms with Crippen LogP contribution < -0.4 is 0 Å². The zero-order valence-electron chi connectivity index (χ0n) is 10.6. The van der Waals surface area contributed by atoms with E-state index in [0.717, 1.165) is 0 Å². The third-order valence-electron chi connectivity index (χ3n) is 3.54. The standard InChI is InChI=1S/C12H25O2P/c1-5-12(13)14-15(2,3,4)11-9-7-6-8-10-11/h11H,5-10H2,1-4H3. The molecule has 1 aliphatic rings. The first kappa shape index (κ1) is 13.0. The van der Waals surface area contributed by atoms with Gasteiger partial charge in [-0.2, -0.15) is 0 Å². The molecule has 0 spiro atoms. The molecule has 0 amide bonds. The van der Waals surface area contributed by atoms with Crippen LogP contribution in [0.1, 0.15) is 45.4 Å². The quantitative estimate of drug-likeness (QED) is 0.694. The number of hydrogen-bond acceptors (Lipinski definition) is 2. The first-order valence-electron chi connectivity index (χ1n) is 6.07. The average molecular weight is 232 g/mol. The summed E-state index contributed by atoms with van der Waals surface area (Å²) in [6.07, 6.45) is 6.96. The van der Waals surface area contributed by atoms with Crippen molar-refractivity contribution in [2.75, 3.05) is 20.0 Å². The molecule has 1 saturated carbocycles. The van der Waals surface area contributed by atoms with E-state index >= 15 is 0 Å². The van der Waals surface area contributed by atoms with Gasteiger partial charge in [-0.1, -0.05) is 0 Å². The summed E-state index contributed by atoms with van der Waals surface area (Å²) < 4.78 is 5.81. The van der Waals surface area contributed by atoms with Gasteiger partial charge in [0.05, 0.1) is 0 Å². The Kier molecular flexibility index (Phi) is 3.81. The summed E-state index contributed by atoms with van der Waals surface area (Å²) in [5, 5.41) is 0. The molecular formula is C12H25O2P. The summed E-state index contributed by atoms with van der Waals surface area (Å²) >= 11 is 0. The van der Waals surface area contributed by atoms with Crippen molar-refractivity contribution < 1.29 is 9.32 Å². The molecule has 1 rings (SSSR count). The third kappa shape index (κ3) is 3.45. The molecular weight excluding hydrogens is 207 g/mol. The Labute approximate surface area is 93.8 Å². The molecule has 0 unspecified atom stereocenters. The van der Waals surface area contributed by atoms with Crippen molar-refractivity contribution in [2.45, 2.75) is 51.1 Å². The normalized spacial score (nSPS) is 21.7. The Balaban J connectivity index is 2.71. The molecule has 0 heterocycles. The van der Waals surface area contributed by atoms with E-state index in [4.69, 9.17) is 4.52 Å². The summed E-state index contributed by atoms with van der Waals surface area (Å²) in [6, 6.07) is 0. The van der Waals surface area contributed by atoms with Gasteiger partial charge >= 0.3 is 93.2 Å². The summed E-state index contributed by atoms with van der Waals surface area (Å²) in [4.78, 5) is 11.5. The Hall–Kier alpha value is -0.100. The first-order valence-corrected chi connectivity index (χ1v) is 9.63. The summed E-state index contributed by atoms with van der Waals surface area (Å²) in [6.45, 7) is 6.27. The van der Waals surface area contributed by atoms with Crippen LogP contribution in [0.25, 0.3) is 0 Å². The second-order valence-electron chi connectivity index (χ2n) is 5.88. The molecule has 1 aliphatic carbocycles. The summed E-state index contributed by atoms with van der Waals surface area (Å²) in [5.74, 6) is -0.0225. The van der Waals surface area contributed by atoms with Gasteiger partial charge in [0.1, 0.15) is 0 Å². The Morgan fingerprint density at radius 3 is 2.20 bits per heavy atom. The third-order valence-corrected chi connectivity index (χ3v) is 7.40. The Morgan fingerprint density at radius 1 is 1.20 bits per heavy atom. The number of hydrogen-bond donors (Lipinski definition) is 0. The van der Waals surface area contributed by atoms with Gasteiger partial charge in [0.25, 0.3) is 0 Å². The molecule has 0 N–H and O–H groups in total. The summed E-state index contributed by atoms with van der Waals surface area (Å²) in [5.41, 5.74) is 0.639. The van der Waals surface area contributed by atoms with Crippen LogP contribution in [-0.4, -0.2) is 31.6 Å². The van der Waals surface area contributed by atoms with Gasteiger partial charge in [-0.25, -0.2) is 0 Å². The van der Waals surface area contributed by atoms with Crippen LogP contribution in [0.3, 0.4) is 0 Å². The van der Waals surface area contributed by atoms with Crippen molar-refractivity contribution in [3.05, 3.63) is 0 Å². The predicted octanol–water partition coefficient (Wildman–Crippen LogP) is 3.63. The number of carbonyl (C=O) groups is 1. The zero-order valence-corrected chi connectivity index (χ0v) is 11.5. The van der Waals surface area contributed by atoms with Gasteiger partial charge in [-0.3, -0.25) is 0 Å².